The second kappa shape index (κ2) is 9.03. The summed E-state index contributed by atoms with van der Waals surface area (Å²) in [6.07, 6.45) is 3.22. The molecule has 1 N–H and O–H groups in total. The van der Waals surface area contributed by atoms with Gasteiger partial charge >= 0.3 is 0 Å². The van der Waals surface area contributed by atoms with Crippen LogP contribution in [0.15, 0.2) is 47.5 Å². The smallest absolute Gasteiger partial charge is 0.246 e. The van der Waals surface area contributed by atoms with E-state index in [1.165, 1.54) is 27.7 Å². The summed E-state index contributed by atoms with van der Waals surface area (Å²) in [5.74, 6) is -0.183. The topological polar surface area (TPSA) is 79.4 Å². The zero-order valence-corrected chi connectivity index (χ0v) is 17.3. The molecule has 0 radical (unpaired) electrons. The first-order chi connectivity index (χ1) is 13.4. The number of halogens is 1. The lowest BCUT2D eigenvalue weighted by atomic mass is 9.97. The molecule has 0 saturated carbocycles. The van der Waals surface area contributed by atoms with Crippen LogP contribution in [-0.2, 0) is 21.2 Å². The van der Waals surface area contributed by atoms with Crippen LogP contribution in [0.4, 0.5) is 0 Å². The maximum atomic E-state index is 12.7. The molecule has 8 heteroatoms. The minimum atomic E-state index is -3.69. The van der Waals surface area contributed by atoms with Gasteiger partial charge in [-0.1, -0.05) is 41.4 Å². The molecule has 3 rings (SSSR count). The van der Waals surface area contributed by atoms with Crippen LogP contribution >= 0.6 is 11.6 Å². The van der Waals surface area contributed by atoms with Crippen molar-refractivity contribution in [3.05, 3.63) is 58.9 Å². The van der Waals surface area contributed by atoms with Crippen molar-refractivity contribution in [1.29, 1.82) is 0 Å². The van der Waals surface area contributed by atoms with Crippen LogP contribution in [0.1, 0.15) is 24.0 Å². The summed E-state index contributed by atoms with van der Waals surface area (Å²) in [6, 6.07) is 11.2. The van der Waals surface area contributed by atoms with E-state index in [-0.39, 0.29) is 21.9 Å². The maximum absolute atomic E-state index is 12.7. The number of pyridine rings is 1. The van der Waals surface area contributed by atoms with Crippen LogP contribution in [0.25, 0.3) is 0 Å². The summed E-state index contributed by atoms with van der Waals surface area (Å²) in [5, 5.41) is 2.95. The van der Waals surface area contributed by atoms with Crippen LogP contribution in [0, 0.1) is 12.8 Å². The number of sulfonamides is 1. The normalized spacial score (nSPS) is 16.1. The van der Waals surface area contributed by atoms with E-state index in [1.807, 2.05) is 25.1 Å². The number of aryl methyl sites for hydroxylation is 1. The van der Waals surface area contributed by atoms with Crippen molar-refractivity contribution in [2.45, 2.75) is 31.1 Å². The molecule has 0 spiro atoms. The summed E-state index contributed by atoms with van der Waals surface area (Å²) in [5.41, 5.74) is 2.39. The van der Waals surface area contributed by atoms with Gasteiger partial charge in [-0.2, -0.15) is 4.31 Å². The molecule has 1 aromatic heterocycles. The van der Waals surface area contributed by atoms with Crippen LogP contribution in [-0.4, -0.2) is 43.2 Å². The highest BCUT2D eigenvalue weighted by Crippen LogP contribution is 2.27. The fourth-order valence-corrected chi connectivity index (χ4v) is 5.30. The predicted molar refractivity (Wildman–Crippen MR) is 109 cm³/mol. The standard InChI is InChI=1S/C20H24ClN3O3S/c1-15-4-2-5-16(14-15)7-11-23-20(25)17-8-12-24(13-9-17)28(26,27)18-6-3-10-22-19(18)21/h2-6,10,14,17H,7-9,11-13H2,1H3,(H,23,25). The third kappa shape index (κ3) is 4.90. The molecule has 1 aliphatic rings. The molecule has 0 unspecified atom stereocenters. The summed E-state index contributed by atoms with van der Waals surface area (Å²) < 4.78 is 26.9. The fourth-order valence-electron chi connectivity index (χ4n) is 3.40. The summed E-state index contributed by atoms with van der Waals surface area (Å²) in [4.78, 5) is 16.3. The van der Waals surface area contributed by atoms with E-state index in [2.05, 4.69) is 16.4 Å². The summed E-state index contributed by atoms with van der Waals surface area (Å²) >= 11 is 5.94. The highest BCUT2D eigenvalue weighted by atomic mass is 35.5. The van der Waals surface area contributed by atoms with Crippen molar-refractivity contribution in [1.82, 2.24) is 14.6 Å². The largest absolute Gasteiger partial charge is 0.356 e. The second-order valence-electron chi connectivity index (χ2n) is 7.00. The number of benzene rings is 1. The van der Waals surface area contributed by atoms with Gasteiger partial charge in [-0.3, -0.25) is 4.79 Å². The number of hydrogen-bond donors (Lipinski definition) is 1. The molecule has 1 aliphatic heterocycles. The first-order valence-corrected chi connectivity index (χ1v) is 11.1. The van der Waals surface area contributed by atoms with Gasteiger partial charge in [-0.15, -0.1) is 0 Å². The molecule has 0 aliphatic carbocycles. The molecule has 2 aromatic rings. The molecular weight excluding hydrogens is 398 g/mol. The lowest BCUT2D eigenvalue weighted by Crippen LogP contribution is -2.43. The SMILES string of the molecule is Cc1cccc(CCNC(=O)C2CCN(S(=O)(=O)c3cccnc3Cl)CC2)c1. The molecule has 0 bridgehead atoms. The predicted octanol–water partition coefficient (Wildman–Crippen LogP) is 2.80. The average Bonchev–Trinajstić information content (AvgIpc) is 2.68. The molecule has 1 amide bonds. The number of rotatable bonds is 6. The van der Waals surface area contributed by atoms with E-state index in [4.69, 9.17) is 11.6 Å². The van der Waals surface area contributed by atoms with Crippen molar-refractivity contribution in [2.75, 3.05) is 19.6 Å². The minimum absolute atomic E-state index is 0.0101. The second-order valence-corrected chi connectivity index (χ2v) is 9.27. The highest BCUT2D eigenvalue weighted by molar-refractivity contribution is 7.89. The zero-order valence-electron chi connectivity index (χ0n) is 15.8. The number of nitrogens with zero attached hydrogens (tertiary/aromatic N) is 2. The van der Waals surface area contributed by atoms with E-state index in [0.717, 1.165) is 6.42 Å². The Morgan fingerprint density at radius 1 is 1.25 bits per heavy atom. The monoisotopic (exact) mass is 421 g/mol. The molecule has 150 valence electrons. The Morgan fingerprint density at radius 3 is 2.68 bits per heavy atom. The van der Waals surface area contributed by atoms with Crippen molar-refractivity contribution < 1.29 is 13.2 Å². The van der Waals surface area contributed by atoms with Gasteiger partial charge in [0, 0.05) is 31.7 Å². The number of hydrogen-bond acceptors (Lipinski definition) is 4. The van der Waals surface area contributed by atoms with E-state index >= 15 is 0 Å². The summed E-state index contributed by atoms with van der Waals surface area (Å²) in [6.45, 7) is 3.21. The van der Waals surface area contributed by atoms with Crippen LogP contribution < -0.4 is 5.32 Å². The molecule has 1 saturated heterocycles. The van der Waals surface area contributed by atoms with Gasteiger partial charge < -0.3 is 5.32 Å². The third-order valence-electron chi connectivity index (χ3n) is 4.96. The van der Waals surface area contributed by atoms with Gasteiger partial charge in [0.25, 0.3) is 0 Å². The third-order valence-corrected chi connectivity index (χ3v) is 7.31. The molecule has 28 heavy (non-hydrogen) atoms. The Morgan fingerprint density at radius 2 is 2.00 bits per heavy atom. The van der Waals surface area contributed by atoms with Gasteiger partial charge in [0.1, 0.15) is 10.0 Å². The summed E-state index contributed by atoms with van der Waals surface area (Å²) in [7, 11) is -3.69. The lowest BCUT2D eigenvalue weighted by Gasteiger charge is -2.30. The Balaban J connectivity index is 1.50. The average molecular weight is 422 g/mol. The molecule has 1 fully saturated rings. The lowest BCUT2D eigenvalue weighted by molar-refractivity contribution is -0.126. The molecule has 2 heterocycles. The Bertz CT molecular complexity index is 941. The van der Waals surface area contributed by atoms with E-state index in [0.29, 0.717) is 32.5 Å². The van der Waals surface area contributed by atoms with Crippen molar-refractivity contribution >= 4 is 27.5 Å². The number of amides is 1. The van der Waals surface area contributed by atoms with Crippen LogP contribution in [0.5, 0.6) is 0 Å². The van der Waals surface area contributed by atoms with Gasteiger partial charge in [0.05, 0.1) is 0 Å². The van der Waals surface area contributed by atoms with E-state index in [1.54, 1.807) is 6.07 Å². The van der Waals surface area contributed by atoms with Gasteiger partial charge in [-0.25, -0.2) is 13.4 Å². The molecule has 6 nitrogen and oxygen atoms in total. The highest BCUT2D eigenvalue weighted by Gasteiger charge is 2.33. The van der Waals surface area contributed by atoms with Crippen molar-refractivity contribution in [3.63, 3.8) is 0 Å². The number of aromatic nitrogens is 1. The van der Waals surface area contributed by atoms with Crippen molar-refractivity contribution in [2.24, 2.45) is 5.92 Å². The maximum Gasteiger partial charge on any atom is 0.246 e. The van der Waals surface area contributed by atoms with E-state index in [9.17, 15) is 13.2 Å². The van der Waals surface area contributed by atoms with Gasteiger partial charge in [-0.05, 0) is 43.9 Å². The number of nitrogens with one attached hydrogen (secondary N) is 1. The van der Waals surface area contributed by atoms with Crippen LogP contribution in [0.2, 0.25) is 5.15 Å². The Hall–Kier alpha value is -1.96. The number of piperidine rings is 1. The van der Waals surface area contributed by atoms with Gasteiger partial charge in [0.2, 0.25) is 15.9 Å². The minimum Gasteiger partial charge on any atom is -0.356 e. The first-order valence-electron chi connectivity index (χ1n) is 9.32. The van der Waals surface area contributed by atoms with Crippen LogP contribution in [0.3, 0.4) is 0 Å². The molecule has 0 atom stereocenters. The Labute approximate surface area is 171 Å². The van der Waals surface area contributed by atoms with Crippen molar-refractivity contribution in [3.8, 4) is 0 Å². The number of carbonyl (C=O) groups is 1. The fraction of sp³-hybridized carbons (Fsp3) is 0.400. The van der Waals surface area contributed by atoms with Gasteiger partial charge in [0.15, 0.2) is 0 Å². The first kappa shape index (κ1) is 20.8. The molecular formula is C20H24ClN3O3S. The van der Waals surface area contributed by atoms with E-state index < -0.39 is 10.0 Å². The molecule has 1 aromatic carbocycles. The quantitative estimate of drug-likeness (QED) is 0.727. The zero-order chi connectivity index (χ0) is 20.1. The number of carbonyl (C=O) groups excluding carboxylic acids is 1. The Kier molecular flexibility index (Phi) is 6.69.